The number of hydrogen-bond acceptors (Lipinski definition) is 4. The van der Waals surface area contributed by atoms with Crippen LogP contribution in [0.15, 0.2) is 52.1 Å². The number of furan rings is 1. The standard InChI is InChI=1S/C23H32N4O2/c1-23(2)15-18(17-9-4-5-10-20(17)29-23)26-22(24-3)25-16-19(21-11-8-14-28-21)27-12-6-7-13-27/h4-5,8-11,14,18-19H,6-7,12-13,15-16H2,1-3H3,(H2,24,25,26). The molecule has 0 spiro atoms. The van der Waals surface area contributed by atoms with E-state index in [2.05, 4.69) is 52.6 Å². The maximum atomic E-state index is 6.16. The van der Waals surface area contributed by atoms with Gasteiger partial charge in [0.25, 0.3) is 0 Å². The molecule has 0 aliphatic carbocycles. The number of likely N-dealkylation sites (tertiary alicyclic amines) is 1. The van der Waals surface area contributed by atoms with Gasteiger partial charge in [-0.2, -0.15) is 0 Å². The summed E-state index contributed by atoms with van der Waals surface area (Å²) in [6.45, 7) is 7.24. The third kappa shape index (κ3) is 4.58. The summed E-state index contributed by atoms with van der Waals surface area (Å²) in [6.07, 6.45) is 5.13. The van der Waals surface area contributed by atoms with Crippen LogP contribution in [0, 0.1) is 0 Å². The summed E-state index contributed by atoms with van der Waals surface area (Å²) in [6, 6.07) is 12.6. The third-order valence-electron chi connectivity index (χ3n) is 5.83. The molecule has 0 amide bonds. The highest BCUT2D eigenvalue weighted by atomic mass is 16.5. The van der Waals surface area contributed by atoms with E-state index in [1.807, 2.05) is 25.2 Å². The van der Waals surface area contributed by atoms with Crippen LogP contribution in [0.3, 0.4) is 0 Å². The van der Waals surface area contributed by atoms with Crippen molar-refractivity contribution >= 4 is 5.96 Å². The molecule has 3 heterocycles. The Morgan fingerprint density at radius 1 is 1.21 bits per heavy atom. The van der Waals surface area contributed by atoms with Gasteiger partial charge in [0.1, 0.15) is 17.1 Å². The van der Waals surface area contributed by atoms with Crippen LogP contribution in [-0.4, -0.2) is 43.1 Å². The van der Waals surface area contributed by atoms with E-state index in [0.29, 0.717) is 0 Å². The van der Waals surface area contributed by atoms with Gasteiger partial charge in [0.15, 0.2) is 5.96 Å². The first kappa shape index (κ1) is 19.8. The number of benzene rings is 1. The number of guanidine groups is 1. The van der Waals surface area contributed by atoms with Gasteiger partial charge in [-0.25, -0.2) is 0 Å². The van der Waals surface area contributed by atoms with Crippen LogP contribution in [0.4, 0.5) is 0 Å². The van der Waals surface area contributed by atoms with Gasteiger partial charge in [-0.05, 0) is 58.0 Å². The molecule has 2 aliphatic heterocycles. The van der Waals surface area contributed by atoms with Crippen molar-refractivity contribution in [3.63, 3.8) is 0 Å². The van der Waals surface area contributed by atoms with Crippen molar-refractivity contribution in [2.45, 2.75) is 50.8 Å². The van der Waals surface area contributed by atoms with Crippen LogP contribution in [0.2, 0.25) is 0 Å². The van der Waals surface area contributed by atoms with Crippen molar-refractivity contribution < 1.29 is 9.15 Å². The van der Waals surface area contributed by atoms with Gasteiger partial charge in [0.05, 0.1) is 18.3 Å². The fraction of sp³-hybridized carbons (Fsp3) is 0.522. The molecule has 1 aromatic heterocycles. The Labute approximate surface area is 173 Å². The van der Waals surface area contributed by atoms with Crippen molar-refractivity contribution in [1.82, 2.24) is 15.5 Å². The number of nitrogens with zero attached hydrogens (tertiary/aromatic N) is 2. The molecule has 2 atom stereocenters. The first-order valence-electron chi connectivity index (χ1n) is 10.6. The maximum Gasteiger partial charge on any atom is 0.191 e. The molecule has 2 unspecified atom stereocenters. The Morgan fingerprint density at radius 3 is 2.72 bits per heavy atom. The average molecular weight is 397 g/mol. The van der Waals surface area contributed by atoms with Crippen LogP contribution < -0.4 is 15.4 Å². The van der Waals surface area contributed by atoms with E-state index in [-0.39, 0.29) is 17.7 Å². The molecule has 2 aromatic rings. The van der Waals surface area contributed by atoms with E-state index in [9.17, 15) is 0 Å². The molecule has 0 bridgehead atoms. The number of aliphatic imine (C=N–C) groups is 1. The number of fused-ring (bicyclic) bond motifs is 1. The van der Waals surface area contributed by atoms with E-state index < -0.39 is 0 Å². The monoisotopic (exact) mass is 396 g/mol. The van der Waals surface area contributed by atoms with Crippen molar-refractivity contribution in [3.8, 4) is 5.75 Å². The SMILES string of the molecule is CN=C(NCC(c1ccco1)N1CCCC1)NC1CC(C)(C)Oc2ccccc21. The van der Waals surface area contributed by atoms with Crippen molar-refractivity contribution in [2.75, 3.05) is 26.7 Å². The number of nitrogens with one attached hydrogen (secondary N) is 2. The van der Waals surface area contributed by atoms with Crippen LogP contribution in [0.5, 0.6) is 5.75 Å². The summed E-state index contributed by atoms with van der Waals surface area (Å²) in [5.74, 6) is 2.76. The zero-order valence-electron chi connectivity index (χ0n) is 17.6. The zero-order chi connectivity index (χ0) is 20.3. The molecule has 2 N–H and O–H groups in total. The Balaban J connectivity index is 1.45. The minimum absolute atomic E-state index is 0.148. The number of para-hydroxylation sites is 1. The van der Waals surface area contributed by atoms with E-state index in [0.717, 1.165) is 43.5 Å². The van der Waals surface area contributed by atoms with Gasteiger partial charge in [-0.1, -0.05) is 18.2 Å². The first-order chi connectivity index (χ1) is 14.1. The first-order valence-corrected chi connectivity index (χ1v) is 10.6. The van der Waals surface area contributed by atoms with E-state index in [1.165, 1.54) is 18.4 Å². The summed E-state index contributed by atoms with van der Waals surface area (Å²) in [5.41, 5.74) is 0.953. The highest BCUT2D eigenvalue weighted by molar-refractivity contribution is 5.80. The van der Waals surface area contributed by atoms with Crippen molar-refractivity contribution in [3.05, 3.63) is 54.0 Å². The molecule has 4 rings (SSSR count). The number of ether oxygens (including phenoxy) is 1. The van der Waals surface area contributed by atoms with Crippen LogP contribution >= 0.6 is 0 Å². The predicted octanol–water partition coefficient (Wildman–Crippen LogP) is 3.88. The molecular weight excluding hydrogens is 364 g/mol. The largest absolute Gasteiger partial charge is 0.487 e. The normalized spacial score (nSPS) is 22.6. The number of hydrogen-bond donors (Lipinski definition) is 2. The molecular formula is C23H32N4O2. The molecule has 6 heteroatoms. The van der Waals surface area contributed by atoms with E-state index >= 15 is 0 Å². The highest BCUT2D eigenvalue weighted by Gasteiger charge is 2.34. The second-order valence-corrected chi connectivity index (χ2v) is 8.53. The molecule has 1 fully saturated rings. The van der Waals surface area contributed by atoms with Gasteiger partial charge >= 0.3 is 0 Å². The average Bonchev–Trinajstić information content (AvgIpc) is 3.41. The van der Waals surface area contributed by atoms with Gasteiger partial charge in [-0.15, -0.1) is 0 Å². The fourth-order valence-electron chi connectivity index (χ4n) is 4.43. The zero-order valence-corrected chi connectivity index (χ0v) is 17.6. The summed E-state index contributed by atoms with van der Waals surface area (Å²) in [5, 5.41) is 7.15. The van der Waals surface area contributed by atoms with Crippen LogP contribution in [0.1, 0.15) is 56.5 Å². The molecule has 0 saturated carbocycles. The molecule has 2 aliphatic rings. The summed E-state index contributed by atoms with van der Waals surface area (Å²) in [7, 11) is 1.82. The Kier molecular flexibility index (Phi) is 5.81. The summed E-state index contributed by atoms with van der Waals surface area (Å²) < 4.78 is 11.9. The van der Waals surface area contributed by atoms with Gasteiger partial charge in [0.2, 0.25) is 0 Å². The minimum Gasteiger partial charge on any atom is -0.487 e. The Morgan fingerprint density at radius 2 is 2.00 bits per heavy atom. The smallest absolute Gasteiger partial charge is 0.191 e. The van der Waals surface area contributed by atoms with Gasteiger partial charge in [-0.3, -0.25) is 9.89 Å². The quantitative estimate of drug-likeness (QED) is 0.593. The molecule has 6 nitrogen and oxygen atoms in total. The third-order valence-corrected chi connectivity index (χ3v) is 5.83. The van der Waals surface area contributed by atoms with Crippen LogP contribution in [-0.2, 0) is 0 Å². The molecule has 156 valence electrons. The maximum absolute atomic E-state index is 6.16. The van der Waals surface area contributed by atoms with E-state index in [1.54, 1.807) is 6.26 Å². The molecule has 1 aromatic carbocycles. The summed E-state index contributed by atoms with van der Waals surface area (Å²) >= 11 is 0. The van der Waals surface area contributed by atoms with Crippen molar-refractivity contribution in [2.24, 2.45) is 4.99 Å². The lowest BCUT2D eigenvalue weighted by molar-refractivity contribution is 0.0693. The molecule has 29 heavy (non-hydrogen) atoms. The highest BCUT2D eigenvalue weighted by Crippen LogP contribution is 2.39. The Hall–Kier alpha value is -2.47. The lowest BCUT2D eigenvalue weighted by Gasteiger charge is -2.38. The second-order valence-electron chi connectivity index (χ2n) is 8.53. The fourth-order valence-corrected chi connectivity index (χ4v) is 4.43. The molecule has 0 radical (unpaired) electrons. The lowest BCUT2D eigenvalue weighted by atomic mass is 9.90. The van der Waals surface area contributed by atoms with E-state index in [4.69, 9.17) is 9.15 Å². The topological polar surface area (TPSA) is 62.0 Å². The second kappa shape index (κ2) is 8.49. The predicted molar refractivity (Wildman–Crippen MR) is 115 cm³/mol. The minimum atomic E-state index is -0.225. The number of rotatable bonds is 5. The molecule has 1 saturated heterocycles. The van der Waals surface area contributed by atoms with Gasteiger partial charge in [0, 0.05) is 25.6 Å². The summed E-state index contributed by atoms with van der Waals surface area (Å²) in [4.78, 5) is 6.98. The van der Waals surface area contributed by atoms with Gasteiger partial charge < -0.3 is 19.8 Å². The van der Waals surface area contributed by atoms with Crippen molar-refractivity contribution in [1.29, 1.82) is 0 Å². The van der Waals surface area contributed by atoms with Crippen LogP contribution in [0.25, 0.3) is 0 Å². The Bertz CT molecular complexity index is 825. The lowest BCUT2D eigenvalue weighted by Crippen LogP contribution is -2.47.